The molecule has 3 nitrogen and oxygen atoms in total. The van der Waals surface area contributed by atoms with Crippen LogP contribution in [0.25, 0.3) is 6.08 Å². The van der Waals surface area contributed by atoms with Crippen molar-refractivity contribution in [2.24, 2.45) is 0 Å². The molecule has 0 unspecified atom stereocenters. The molecule has 2 aromatic rings. The topological polar surface area (TPSA) is 38.3 Å². The summed E-state index contributed by atoms with van der Waals surface area (Å²) in [6, 6.07) is 11.9. The minimum atomic E-state index is -0.459. The number of methoxy groups -OCH3 is 1. The predicted molar refractivity (Wildman–Crippen MR) is 81.8 cm³/mol. The minimum absolute atomic E-state index is 0.171. The van der Waals surface area contributed by atoms with Gasteiger partial charge in [0.15, 0.2) is 0 Å². The number of benzene rings is 2. The van der Waals surface area contributed by atoms with Crippen molar-refractivity contribution in [1.29, 1.82) is 0 Å². The Kier molecular flexibility index (Phi) is 4.72. The van der Waals surface area contributed by atoms with Crippen molar-refractivity contribution in [3.8, 4) is 5.75 Å². The van der Waals surface area contributed by atoms with Crippen molar-refractivity contribution in [3.05, 3.63) is 65.5 Å². The molecule has 0 saturated heterocycles. The maximum atomic E-state index is 13.6. The second-order valence-corrected chi connectivity index (χ2v) is 4.55. The molecular weight excluding hydrogens is 269 g/mol. The largest absolute Gasteiger partial charge is 0.496 e. The predicted octanol–water partition coefficient (Wildman–Crippen LogP) is 3.79. The summed E-state index contributed by atoms with van der Waals surface area (Å²) in [5.41, 5.74) is 1.82. The van der Waals surface area contributed by atoms with Crippen LogP contribution in [0.2, 0.25) is 0 Å². The summed E-state index contributed by atoms with van der Waals surface area (Å²) >= 11 is 0. The van der Waals surface area contributed by atoms with Gasteiger partial charge in [-0.15, -0.1) is 0 Å². The number of rotatable bonds is 4. The molecule has 0 fully saturated rings. The Hall–Kier alpha value is -2.62. The SMILES string of the molecule is COc1ccccc1/C=C/C(=O)Nc1cc(C)ccc1F. The molecule has 108 valence electrons. The van der Waals surface area contributed by atoms with Gasteiger partial charge in [-0.05, 0) is 36.8 Å². The van der Waals surface area contributed by atoms with Crippen LogP contribution in [0.5, 0.6) is 5.75 Å². The molecule has 21 heavy (non-hydrogen) atoms. The molecule has 1 amide bonds. The maximum absolute atomic E-state index is 13.6. The van der Waals surface area contributed by atoms with Gasteiger partial charge in [0.25, 0.3) is 0 Å². The number of carbonyl (C=O) groups is 1. The first-order valence-electron chi connectivity index (χ1n) is 6.48. The Balaban J connectivity index is 2.11. The number of amides is 1. The molecule has 0 radical (unpaired) electrons. The number of nitrogens with one attached hydrogen (secondary N) is 1. The molecular formula is C17H16FNO2. The Morgan fingerprint density at radius 2 is 2.00 bits per heavy atom. The van der Waals surface area contributed by atoms with Crippen LogP contribution in [0.4, 0.5) is 10.1 Å². The van der Waals surface area contributed by atoms with Crippen LogP contribution in [-0.2, 0) is 4.79 Å². The number of ether oxygens (including phenoxy) is 1. The van der Waals surface area contributed by atoms with Gasteiger partial charge in [0.05, 0.1) is 12.8 Å². The highest BCUT2D eigenvalue weighted by Crippen LogP contribution is 2.19. The van der Waals surface area contributed by atoms with E-state index < -0.39 is 11.7 Å². The van der Waals surface area contributed by atoms with Crippen molar-refractivity contribution in [2.75, 3.05) is 12.4 Å². The summed E-state index contributed by atoms with van der Waals surface area (Å²) in [6.07, 6.45) is 2.97. The van der Waals surface area contributed by atoms with Crippen LogP contribution < -0.4 is 10.1 Å². The van der Waals surface area contributed by atoms with Gasteiger partial charge in [0.1, 0.15) is 11.6 Å². The van der Waals surface area contributed by atoms with Gasteiger partial charge in [-0.1, -0.05) is 24.3 Å². The third-order valence-corrected chi connectivity index (χ3v) is 2.93. The first-order valence-corrected chi connectivity index (χ1v) is 6.48. The lowest BCUT2D eigenvalue weighted by atomic mass is 10.2. The molecule has 0 aliphatic carbocycles. The summed E-state index contributed by atoms with van der Waals surface area (Å²) < 4.78 is 18.7. The van der Waals surface area contributed by atoms with Crippen molar-refractivity contribution in [2.45, 2.75) is 6.92 Å². The van der Waals surface area contributed by atoms with Gasteiger partial charge in [0.2, 0.25) is 5.91 Å². The third kappa shape index (κ3) is 3.92. The molecule has 2 aromatic carbocycles. The first kappa shape index (κ1) is 14.8. The Morgan fingerprint density at radius 1 is 1.24 bits per heavy atom. The van der Waals surface area contributed by atoms with Crippen LogP contribution >= 0.6 is 0 Å². The van der Waals surface area contributed by atoms with E-state index in [-0.39, 0.29) is 5.69 Å². The molecule has 0 bridgehead atoms. The lowest BCUT2D eigenvalue weighted by Gasteiger charge is -2.05. The van der Waals surface area contributed by atoms with Gasteiger partial charge in [0, 0.05) is 11.6 Å². The van der Waals surface area contributed by atoms with E-state index in [1.807, 2.05) is 25.1 Å². The highest BCUT2D eigenvalue weighted by Gasteiger charge is 2.05. The van der Waals surface area contributed by atoms with Crippen molar-refractivity contribution >= 4 is 17.7 Å². The van der Waals surface area contributed by atoms with Crippen LogP contribution in [0.1, 0.15) is 11.1 Å². The van der Waals surface area contributed by atoms with Crippen LogP contribution in [0.3, 0.4) is 0 Å². The zero-order valence-corrected chi connectivity index (χ0v) is 11.9. The lowest BCUT2D eigenvalue weighted by Crippen LogP contribution is -2.09. The summed E-state index contributed by atoms with van der Waals surface area (Å²) in [5.74, 6) is -0.187. The van der Waals surface area contributed by atoms with E-state index >= 15 is 0 Å². The number of para-hydroxylation sites is 1. The normalized spacial score (nSPS) is 10.6. The van der Waals surface area contributed by atoms with E-state index in [1.165, 1.54) is 12.1 Å². The fraction of sp³-hybridized carbons (Fsp3) is 0.118. The van der Waals surface area contributed by atoms with E-state index in [1.54, 1.807) is 31.4 Å². The molecule has 1 N–H and O–H groups in total. The summed E-state index contributed by atoms with van der Waals surface area (Å²) in [7, 11) is 1.56. The first-order chi connectivity index (χ1) is 10.1. The quantitative estimate of drug-likeness (QED) is 0.868. The lowest BCUT2D eigenvalue weighted by molar-refractivity contribution is -0.111. The van der Waals surface area contributed by atoms with Crippen LogP contribution in [-0.4, -0.2) is 13.0 Å². The van der Waals surface area contributed by atoms with E-state index in [0.717, 1.165) is 11.1 Å². The number of anilines is 1. The summed E-state index contributed by atoms with van der Waals surface area (Å²) in [6.45, 7) is 1.83. The molecule has 0 atom stereocenters. The molecule has 0 saturated carbocycles. The van der Waals surface area contributed by atoms with Crippen molar-refractivity contribution in [3.63, 3.8) is 0 Å². The number of halogens is 1. The summed E-state index contributed by atoms with van der Waals surface area (Å²) in [4.78, 5) is 11.8. The zero-order chi connectivity index (χ0) is 15.2. The standard InChI is InChI=1S/C17H16FNO2/c1-12-7-9-14(18)15(11-12)19-17(20)10-8-13-5-3-4-6-16(13)21-2/h3-11H,1-2H3,(H,19,20)/b10-8+. The smallest absolute Gasteiger partial charge is 0.248 e. The van der Waals surface area contributed by atoms with E-state index in [4.69, 9.17) is 4.74 Å². The molecule has 4 heteroatoms. The van der Waals surface area contributed by atoms with Gasteiger partial charge in [-0.3, -0.25) is 4.79 Å². The van der Waals surface area contributed by atoms with Crippen LogP contribution in [0, 0.1) is 12.7 Å². The number of hydrogen-bond donors (Lipinski definition) is 1. The molecule has 0 heterocycles. The average molecular weight is 285 g/mol. The molecule has 0 spiro atoms. The van der Waals surface area contributed by atoms with Gasteiger partial charge < -0.3 is 10.1 Å². The van der Waals surface area contributed by atoms with Crippen molar-refractivity contribution in [1.82, 2.24) is 0 Å². The summed E-state index contributed by atoms with van der Waals surface area (Å²) in [5, 5.41) is 2.52. The highest BCUT2D eigenvalue weighted by molar-refractivity contribution is 6.02. The maximum Gasteiger partial charge on any atom is 0.248 e. The minimum Gasteiger partial charge on any atom is -0.496 e. The molecule has 0 aliphatic rings. The second kappa shape index (κ2) is 6.70. The van der Waals surface area contributed by atoms with Gasteiger partial charge in [-0.25, -0.2) is 4.39 Å². The van der Waals surface area contributed by atoms with E-state index in [0.29, 0.717) is 5.75 Å². The zero-order valence-electron chi connectivity index (χ0n) is 11.9. The van der Waals surface area contributed by atoms with E-state index in [9.17, 15) is 9.18 Å². The second-order valence-electron chi connectivity index (χ2n) is 4.55. The molecule has 2 rings (SSSR count). The van der Waals surface area contributed by atoms with E-state index in [2.05, 4.69) is 5.32 Å². The van der Waals surface area contributed by atoms with Crippen LogP contribution in [0.15, 0.2) is 48.5 Å². The van der Waals surface area contributed by atoms with Crippen molar-refractivity contribution < 1.29 is 13.9 Å². The highest BCUT2D eigenvalue weighted by atomic mass is 19.1. The van der Waals surface area contributed by atoms with Gasteiger partial charge in [-0.2, -0.15) is 0 Å². The number of aryl methyl sites for hydroxylation is 1. The van der Waals surface area contributed by atoms with Gasteiger partial charge >= 0.3 is 0 Å². The monoisotopic (exact) mass is 285 g/mol. The fourth-order valence-corrected chi connectivity index (χ4v) is 1.88. The Morgan fingerprint density at radius 3 is 2.76 bits per heavy atom. The number of carbonyl (C=O) groups excluding carboxylic acids is 1. The average Bonchev–Trinajstić information content (AvgIpc) is 2.49. The number of hydrogen-bond acceptors (Lipinski definition) is 2. The Bertz CT molecular complexity index is 680. The molecule has 0 aromatic heterocycles. The fourth-order valence-electron chi connectivity index (χ4n) is 1.88. The third-order valence-electron chi connectivity index (χ3n) is 2.93. The Labute approximate surface area is 123 Å². The molecule has 0 aliphatic heterocycles.